The molecule has 0 unspecified atom stereocenters. The number of nitrogens with zero attached hydrogens (tertiary/aromatic N) is 1. The number of rotatable bonds is 0. The van der Waals surface area contributed by atoms with Crippen molar-refractivity contribution in [3.63, 3.8) is 0 Å². The van der Waals surface area contributed by atoms with Crippen LogP contribution in [0.3, 0.4) is 0 Å². The topological polar surface area (TPSA) is 55.4 Å². The molecule has 5 heavy (non-hydrogen) atoms. The molecule has 0 bridgehead atoms. The molecule has 0 aromatic heterocycles. The van der Waals surface area contributed by atoms with Crippen LogP contribution in [0.15, 0.2) is 5.10 Å². The summed E-state index contributed by atoms with van der Waals surface area (Å²) in [6.45, 7) is 0. The van der Waals surface area contributed by atoms with Crippen LogP contribution in [-0.4, -0.2) is 6.08 Å². The third-order valence-electron chi connectivity index (χ3n) is 0.0527. The van der Waals surface area contributed by atoms with Gasteiger partial charge in [0.25, 0.3) is 6.08 Å². The molecule has 0 atom stereocenters. The summed E-state index contributed by atoms with van der Waals surface area (Å²) in [5.41, 5.74) is 0. The SMILES string of the molecule is C.NN=C=O. The number of hydrogen-bond donors (Lipinski definition) is 1. The summed E-state index contributed by atoms with van der Waals surface area (Å²) in [5, 5.41) is 2.43. The maximum Gasteiger partial charge on any atom is 0.257 e. The van der Waals surface area contributed by atoms with E-state index in [-0.39, 0.29) is 7.43 Å². The number of nitrogens with two attached hydrogens (primary N) is 1. The van der Waals surface area contributed by atoms with E-state index in [9.17, 15) is 0 Å². The molecule has 0 amide bonds. The molecule has 0 spiro atoms. The Morgan fingerprint density at radius 3 is 2.00 bits per heavy atom. The average Bonchev–Trinajstić information content (AvgIpc) is 1.37. The molecule has 3 heteroatoms. The zero-order valence-corrected chi connectivity index (χ0v) is 1.93. The van der Waals surface area contributed by atoms with Crippen molar-refractivity contribution in [1.29, 1.82) is 0 Å². The minimum absolute atomic E-state index is 0. The summed E-state index contributed by atoms with van der Waals surface area (Å²) in [6.07, 6.45) is 1.08. The molecule has 2 N–H and O–H groups in total. The first-order chi connectivity index (χ1) is 1.91. The molecule has 0 fully saturated rings. The molecule has 0 aromatic rings. The van der Waals surface area contributed by atoms with E-state index in [1.165, 1.54) is 0 Å². The Kier molecular flexibility index (Phi) is 19.3. The maximum atomic E-state index is 8.76. The second-order valence-corrected chi connectivity index (χ2v) is 0.220. The first-order valence-electron chi connectivity index (χ1n) is 0.686. The standard InChI is InChI=1S/CH2N2O.CH4/c2-3-1-4;/h2H2;1H4. The predicted molar refractivity (Wildman–Crippen MR) is 19.0 cm³/mol. The van der Waals surface area contributed by atoms with Gasteiger partial charge in [-0.3, -0.25) is 0 Å². The highest BCUT2D eigenvalue weighted by molar-refractivity contribution is 5.31. The van der Waals surface area contributed by atoms with Crippen molar-refractivity contribution in [3.8, 4) is 0 Å². The molecule has 30 valence electrons. The van der Waals surface area contributed by atoms with E-state index in [2.05, 4.69) is 10.9 Å². The van der Waals surface area contributed by atoms with Gasteiger partial charge in [0.1, 0.15) is 0 Å². The lowest BCUT2D eigenvalue weighted by Gasteiger charge is -1.41. The van der Waals surface area contributed by atoms with E-state index >= 15 is 0 Å². The Labute approximate surface area is 30.5 Å². The van der Waals surface area contributed by atoms with Gasteiger partial charge in [-0.25, -0.2) is 4.79 Å². The Bertz CT molecular complexity index is 45.6. The van der Waals surface area contributed by atoms with Crippen LogP contribution in [0.2, 0.25) is 0 Å². The van der Waals surface area contributed by atoms with Gasteiger partial charge in [0.05, 0.1) is 0 Å². The lowest BCUT2D eigenvalue weighted by molar-refractivity contribution is 0.563. The third kappa shape index (κ3) is 137. The monoisotopic (exact) mass is 74.0 g/mol. The average molecular weight is 74.1 g/mol. The molecule has 3 nitrogen and oxygen atoms in total. The van der Waals surface area contributed by atoms with Gasteiger partial charge in [-0.15, -0.1) is 0 Å². The van der Waals surface area contributed by atoms with Crippen LogP contribution in [0, 0.1) is 0 Å². The Balaban J connectivity index is 0. The second kappa shape index (κ2) is 10.9. The van der Waals surface area contributed by atoms with Gasteiger partial charge >= 0.3 is 0 Å². The zero-order valence-electron chi connectivity index (χ0n) is 1.93. The van der Waals surface area contributed by atoms with Crippen LogP contribution in [0.5, 0.6) is 0 Å². The number of hydrogen-bond acceptors (Lipinski definition) is 3. The minimum Gasteiger partial charge on any atom is -0.312 e. The van der Waals surface area contributed by atoms with Crippen molar-refractivity contribution in [2.24, 2.45) is 10.9 Å². The van der Waals surface area contributed by atoms with E-state index in [0.29, 0.717) is 0 Å². The molecule has 0 radical (unpaired) electrons. The summed E-state index contributed by atoms with van der Waals surface area (Å²) in [5.74, 6) is 4.23. The fourth-order valence-corrected chi connectivity index (χ4v) is 0. The Morgan fingerprint density at radius 1 is 1.80 bits per heavy atom. The molecule has 0 saturated heterocycles. The predicted octanol–water partition coefficient (Wildman–Crippen LogP) is -0.168. The first-order valence-corrected chi connectivity index (χ1v) is 0.686. The van der Waals surface area contributed by atoms with Crippen molar-refractivity contribution in [2.75, 3.05) is 0 Å². The van der Waals surface area contributed by atoms with E-state index < -0.39 is 0 Å². The highest BCUT2D eigenvalue weighted by Crippen LogP contribution is 1.14. The third-order valence-corrected chi connectivity index (χ3v) is 0.0527. The molecule has 0 heterocycles. The highest BCUT2D eigenvalue weighted by Gasteiger charge is 1.27. The lowest BCUT2D eigenvalue weighted by Crippen LogP contribution is -1.71. The minimum atomic E-state index is 0. The fraction of sp³-hybridized carbons (Fsp3) is 0.500. The number of carbonyl (C=O) groups excluding carboxylic acids is 1. The number of hydrazone groups is 1. The molecular weight excluding hydrogens is 68.0 g/mol. The van der Waals surface area contributed by atoms with Gasteiger partial charge in [0, 0.05) is 0 Å². The fourth-order valence-electron chi connectivity index (χ4n) is 0. The largest absolute Gasteiger partial charge is 0.312 e. The van der Waals surface area contributed by atoms with Crippen LogP contribution in [-0.2, 0) is 4.79 Å². The van der Waals surface area contributed by atoms with E-state index in [4.69, 9.17) is 4.79 Å². The van der Waals surface area contributed by atoms with Crippen molar-refractivity contribution in [3.05, 3.63) is 0 Å². The summed E-state index contributed by atoms with van der Waals surface area (Å²) in [6, 6.07) is 0. The van der Waals surface area contributed by atoms with Gasteiger partial charge in [-0.05, 0) is 0 Å². The summed E-state index contributed by atoms with van der Waals surface area (Å²) >= 11 is 0. The van der Waals surface area contributed by atoms with Gasteiger partial charge in [-0.2, -0.15) is 0 Å². The van der Waals surface area contributed by atoms with Gasteiger partial charge in [0.15, 0.2) is 0 Å². The van der Waals surface area contributed by atoms with Gasteiger partial charge < -0.3 is 5.84 Å². The molecule has 0 rings (SSSR count). The van der Waals surface area contributed by atoms with Crippen molar-refractivity contribution < 1.29 is 4.79 Å². The van der Waals surface area contributed by atoms with E-state index in [0.717, 1.165) is 6.08 Å². The van der Waals surface area contributed by atoms with E-state index in [1.54, 1.807) is 0 Å². The molecule has 0 saturated carbocycles. The molecule has 0 aliphatic heterocycles. The van der Waals surface area contributed by atoms with Crippen LogP contribution in [0.1, 0.15) is 7.43 Å². The van der Waals surface area contributed by atoms with Crippen LogP contribution in [0.25, 0.3) is 0 Å². The van der Waals surface area contributed by atoms with Crippen LogP contribution < -0.4 is 5.84 Å². The Morgan fingerprint density at radius 2 is 2.00 bits per heavy atom. The maximum absolute atomic E-state index is 8.76. The molecular formula is C2H6N2O. The molecule has 0 aromatic carbocycles. The second-order valence-electron chi connectivity index (χ2n) is 0.220. The summed E-state index contributed by atoms with van der Waals surface area (Å²) in [7, 11) is 0. The van der Waals surface area contributed by atoms with Crippen molar-refractivity contribution >= 4 is 6.08 Å². The normalized spacial score (nSPS) is 3.20. The van der Waals surface area contributed by atoms with E-state index in [1.807, 2.05) is 0 Å². The Hall–Kier alpha value is -0.820. The quantitative estimate of drug-likeness (QED) is 0.188. The van der Waals surface area contributed by atoms with Crippen LogP contribution in [0.4, 0.5) is 0 Å². The molecule has 0 aliphatic rings. The lowest BCUT2D eigenvalue weighted by atomic mass is 11.6. The summed E-state index contributed by atoms with van der Waals surface area (Å²) < 4.78 is 0. The smallest absolute Gasteiger partial charge is 0.257 e. The highest BCUT2D eigenvalue weighted by atomic mass is 16.1. The van der Waals surface area contributed by atoms with Crippen molar-refractivity contribution in [1.82, 2.24) is 0 Å². The van der Waals surface area contributed by atoms with Gasteiger partial charge in [0.2, 0.25) is 0 Å². The zero-order chi connectivity index (χ0) is 3.41. The summed E-state index contributed by atoms with van der Waals surface area (Å²) in [4.78, 5) is 8.76. The van der Waals surface area contributed by atoms with Crippen LogP contribution >= 0.6 is 0 Å². The van der Waals surface area contributed by atoms with Crippen molar-refractivity contribution in [2.45, 2.75) is 7.43 Å². The number of isocyanates is 1. The van der Waals surface area contributed by atoms with Gasteiger partial charge in [-0.1, -0.05) is 12.5 Å². The first kappa shape index (κ1) is 8.89. The molecule has 0 aliphatic carbocycles.